The predicted molar refractivity (Wildman–Crippen MR) is 87.2 cm³/mol. The lowest BCUT2D eigenvalue weighted by atomic mass is 10.2. The van der Waals surface area contributed by atoms with Crippen molar-refractivity contribution in [2.45, 2.75) is 26.8 Å². The Labute approximate surface area is 124 Å². The summed E-state index contributed by atoms with van der Waals surface area (Å²) in [5, 5.41) is 3.44. The first-order valence-corrected chi connectivity index (χ1v) is 7.50. The van der Waals surface area contributed by atoms with Crippen LogP contribution in [0.4, 0.5) is 5.82 Å². The SMILES string of the molecule is CC(C)CNCc1ccc(N(C)CCCN(C)C)nc1. The molecule has 0 aliphatic heterocycles. The molecule has 1 rings (SSSR count). The van der Waals surface area contributed by atoms with Crippen molar-refractivity contribution >= 4 is 5.82 Å². The molecule has 0 aliphatic rings. The number of nitrogens with one attached hydrogen (secondary N) is 1. The molecule has 114 valence electrons. The largest absolute Gasteiger partial charge is 0.360 e. The fraction of sp³-hybridized carbons (Fsp3) is 0.688. The van der Waals surface area contributed by atoms with E-state index >= 15 is 0 Å². The van der Waals surface area contributed by atoms with Gasteiger partial charge in [0, 0.05) is 26.3 Å². The molecule has 0 fully saturated rings. The van der Waals surface area contributed by atoms with Gasteiger partial charge in [0.15, 0.2) is 0 Å². The molecule has 0 radical (unpaired) electrons. The Morgan fingerprint density at radius 2 is 1.90 bits per heavy atom. The first-order chi connectivity index (χ1) is 9.49. The molecular formula is C16H30N4. The molecule has 0 saturated carbocycles. The molecule has 1 N–H and O–H groups in total. The van der Waals surface area contributed by atoms with Crippen LogP contribution in [0.3, 0.4) is 0 Å². The van der Waals surface area contributed by atoms with Gasteiger partial charge >= 0.3 is 0 Å². The van der Waals surface area contributed by atoms with Gasteiger partial charge in [-0.2, -0.15) is 0 Å². The van der Waals surface area contributed by atoms with E-state index in [1.807, 2.05) is 6.20 Å². The minimum atomic E-state index is 0.685. The normalized spacial score (nSPS) is 11.3. The van der Waals surface area contributed by atoms with Gasteiger partial charge in [0.05, 0.1) is 0 Å². The lowest BCUT2D eigenvalue weighted by Crippen LogP contribution is -2.24. The molecule has 1 heterocycles. The van der Waals surface area contributed by atoms with Gasteiger partial charge in [-0.3, -0.25) is 0 Å². The second-order valence-electron chi connectivity index (χ2n) is 6.13. The zero-order valence-electron chi connectivity index (χ0n) is 13.7. The highest BCUT2D eigenvalue weighted by Crippen LogP contribution is 2.10. The summed E-state index contributed by atoms with van der Waals surface area (Å²) in [6, 6.07) is 4.28. The Hall–Kier alpha value is -1.13. The van der Waals surface area contributed by atoms with E-state index in [1.165, 1.54) is 5.56 Å². The quantitative estimate of drug-likeness (QED) is 0.750. The third-order valence-corrected chi connectivity index (χ3v) is 3.18. The maximum absolute atomic E-state index is 4.55. The highest BCUT2D eigenvalue weighted by molar-refractivity contribution is 5.38. The highest BCUT2D eigenvalue weighted by Gasteiger charge is 2.03. The van der Waals surface area contributed by atoms with Crippen LogP contribution in [0, 0.1) is 5.92 Å². The van der Waals surface area contributed by atoms with Crippen LogP contribution in [0.25, 0.3) is 0 Å². The van der Waals surface area contributed by atoms with Crippen molar-refractivity contribution in [3.63, 3.8) is 0 Å². The number of nitrogens with zero attached hydrogens (tertiary/aromatic N) is 3. The molecule has 0 aliphatic carbocycles. The molecule has 4 nitrogen and oxygen atoms in total. The monoisotopic (exact) mass is 278 g/mol. The Bertz CT molecular complexity index is 359. The predicted octanol–water partition coefficient (Wildman–Crippen LogP) is 2.22. The maximum Gasteiger partial charge on any atom is 0.128 e. The standard InChI is InChI=1S/C16H30N4/c1-14(2)11-17-12-15-7-8-16(18-13-15)20(5)10-6-9-19(3)4/h7-8,13-14,17H,6,9-12H2,1-5H3. The number of pyridine rings is 1. The lowest BCUT2D eigenvalue weighted by Gasteiger charge is -2.19. The maximum atomic E-state index is 4.55. The van der Waals surface area contributed by atoms with Gasteiger partial charge in [0.2, 0.25) is 0 Å². The first kappa shape index (κ1) is 16.9. The van der Waals surface area contributed by atoms with Gasteiger partial charge < -0.3 is 15.1 Å². The van der Waals surface area contributed by atoms with Crippen LogP contribution in [0.1, 0.15) is 25.8 Å². The topological polar surface area (TPSA) is 31.4 Å². The van der Waals surface area contributed by atoms with Crippen LogP contribution in [0.15, 0.2) is 18.3 Å². The van der Waals surface area contributed by atoms with Crippen molar-refractivity contribution < 1.29 is 0 Å². The summed E-state index contributed by atoms with van der Waals surface area (Å²) in [6.07, 6.45) is 3.13. The average molecular weight is 278 g/mol. The van der Waals surface area contributed by atoms with Gasteiger partial charge in [-0.15, -0.1) is 0 Å². The molecule has 1 aromatic heterocycles. The average Bonchev–Trinajstić information content (AvgIpc) is 2.38. The van der Waals surface area contributed by atoms with E-state index in [-0.39, 0.29) is 0 Å². The van der Waals surface area contributed by atoms with Crippen LogP contribution in [-0.4, -0.2) is 50.7 Å². The summed E-state index contributed by atoms with van der Waals surface area (Å²) in [7, 11) is 6.32. The number of anilines is 1. The van der Waals surface area contributed by atoms with Crippen molar-refractivity contribution in [1.29, 1.82) is 0 Å². The summed E-state index contributed by atoms with van der Waals surface area (Å²) < 4.78 is 0. The fourth-order valence-electron chi connectivity index (χ4n) is 1.99. The second kappa shape index (κ2) is 8.93. The first-order valence-electron chi connectivity index (χ1n) is 7.50. The van der Waals surface area contributed by atoms with E-state index in [0.29, 0.717) is 5.92 Å². The van der Waals surface area contributed by atoms with Crippen LogP contribution < -0.4 is 10.2 Å². The van der Waals surface area contributed by atoms with Gasteiger partial charge in [-0.1, -0.05) is 19.9 Å². The van der Waals surface area contributed by atoms with E-state index < -0.39 is 0 Å². The Morgan fingerprint density at radius 3 is 2.45 bits per heavy atom. The van der Waals surface area contributed by atoms with Crippen LogP contribution >= 0.6 is 0 Å². The minimum Gasteiger partial charge on any atom is -0.360 e. The zero-order chi connectivity index (χ0) is 15.0. The van der Waals surface area contributed by atoms with Crippen molar-refractivity contribution in [3.05, 3.63) is 23.9 Å². The van der Waals surface area contributed by atoms with Gasteiger partial charge in [-0.25, -0.2) is 4.98 Å². The van der Waals surface area contributed by atoms with Crippen LogP contribution in [0.2, 0.25) is 0 Å². The summed E-state index contributed by atoms with van der Waals surface area (Å²) >= 11 is 0. The Kier molecular flexibility index (Phi) is 7.55. The van der Waals surface area contributed by atoms with Gasteiger partial charge in [-0.05, 0) is 51.2 Å². The van der Waals surface area contributed by atoms with E-state index in [9.17, 15) is 0 Å². The molecule has 0 saturated heterocycles. The summed E-state index contributed by atoms with van der Waals surface area (Å²) in [6.45, 7) is 8.54. The molecule has 4 heteroatoms. The van der Waals surface area contributed by atoms with Crippen molar-refractivity contribution in [3.8, 4) is 0 Å². The highest BCUT2D eigenvalue weighted by atomic mass is 15.2. The van der Waals surface area contributed by atoms with Crippen molar-refractivity contribution in [2.24, 2.45) is 5.92 Å². The number of aromatic nitrogens is 1. The van der Waals surface area contributed by atoms with Crippen molar-refractivity contribution in [1.82, 2.24) is 15.2 Å². The van der Waals surface area contributed by atoms with E-state index in [2.05, 4.69) is 67.2 Å². The molecule has 0 unspecified atom stereocenters. The third kappa shape index (κ3) is 6.87. The number of rotatable bonds is 9. The van der Waals surface area contributed by atoms with E-state index in [4.69, 9.17) is 0 Å². The Balaban J connectivity index is 2.37. The summed E-state index contributed by atoms with van der Waals surface area (Å²) in [4.78, 5) is 8.98. The van der Waals surface area contributed by atoms with Gasteiger partial charge in [0.1, 0.15) is 5.82 Å². The van der Waals surface area contributed by atoms with Gasteiger partial charge in [0.25, 0.3) is 0 Å². The number of hydrogen-bond acceptors (Lipinski definition) is 4. The molecule has 0 amide bonds. The molecule has 0 bridgehead atoms. The molecule has 0 aromatic carbocycles. The zero-order valence-corrected chi connectivity index (χ0v) is 13.7. The molecule has 20 heavy (non-hydrogen) atoms. The fourth-order valence-corrected chi connectivity index (χ4v) is 1.99. The Morgan fingerprint density at radius 1 is 1.15 bits per heavy atom. The van der Waals surface area contributed by atoms with Crippen LogP contribution in [-0.2, 0) is 6.54 Å². The summed E-state index contributed by atoms with van der Waals surface area (Å²) in [5.74, 6) is 1.74. The van der Waals surface area contributed by atoms with E-state index in [1.54, 1.807) is 0 Å². The third-order valence-electron chi connectivity index (χ3n) is 3.18. The van der Waals surface area contributed by atoms with Crippen LogP contribution in [0.5, 0.6) is 0 Å². The lowest BCUT2D eigenvalue weighted by molar-refractivity contribution is 0.401. The molecule has 0 atom stereocenters. The summed E-state index contributed by atoms with van der Waals surface area (Å²) in [5.41, 5.74) is 1.25. The number of hydrogen-bond donors (Lipinski definition) is 1. The molecule has 1 aromatic rings. The van der Waals surface area contributed by atoms with E-state index in [0.717, 1.165) is 38.4 Å². The van der Waals surface area contributed by atoms with Crippen molar-refractivity contribution in [2.75, 3.05) is 45.7 Å². The molecular weight excluding hydrogens is 248 g/mol. The smallest absolute Gasteiger partial charge is 0.128 e. The molecule has 0 spiro atoms. The second-order valence-corrected chi connectivity index (χ2v) is 6.13. The minimum absolute atomic E-state index is 0.685.